The lowest BCUT2D eigenvalue weighted by molar-refractivity contribution is 0.188. The van der Waals surface area contributed by atoms with E-state index in [4.69, 9.17) is 33.0 Å². The van der Waals surface area contributed by atoms with Gasteiger partial charge in [-0.05, 0) is 54.3 Å². The Hall–Kier alpha value is -3.02. The fraction of sp³-hybridized carbons (Fsp3) is 0.200. The average molecular weight is 466 g/mol. The molecule has 32 heavy (non-hydrogen) atoms. The predicted molar refractivity (Wildman–Crippen MR) is 128 cm³/mol. The van der Waals surface area contributed by atoms with Crippen molar-refractivity contribution in [1.82, 2.24) is 5.01 Å². The first-order valence-corrected chi connectivity index (χ1v) is 11.2. The van der Waals surface area contributed by atoms with E-state index < -0.39 is 0 Å². The van der Waals surface area contributed by atoms with Crippen molar-refractivity contribution in [3.8, 4) is 5.75 Å². The van der Waals surface area contributed by atoms with Crippen LogP contribution in [0.25, 0.3) is 0 Å². The zero-order chi connectivity index (χ0) is 22.2. The van der Waals surface area contributed by atoms with Gasteiger partial charge >= 0.3 is 6.03 Å². The number of carbonyl (C=O) groups is 1. The summed E-state index contributed by atoms with van der Waals surface area (Å²) >= 11 is 12.1. The van der Waals surface area contributed by atoms with Crippen molar-refractivity contribution >= 4 is 40.6 Å². The van der Waals surface area contributed by atoms with Gasteiger partial charge in [0.05, 0.1) is 28.9 Å². The van der Waals surface area contributed by atoms with E-state index in [1.807, 2.05) is 36.4 Å². The molecule has 0 radical (unpaired) electrons. The molecule has 0 unspecified atom stereocenters. The third-order valence-corrected chi connectivity index (χ3v) is 6.80. The third-order valence-electron chi connectivity index (χ3n) is 6.07. The van der Waals surface area contributed by atoms with Crippen LogP contribution in [0.2, 0.25) is 10.0 Å². The van der Waals surface area contributed by atoms with Crippen LogP contribution in [0.5, 0.6) is 5.75 Å². The quantitative estimate of drug-likeness (QED) is 0.476. The van der Waals surface area contributed by atoms with Crippen molar-refractivity contribution in [3.05, 3.63) is 93.5 Å². The van der Waals surface area contributed by atoms with Crippen molar-refractivity contribution in [1.29, 1.82) is 0 Å². The van der Waals surface area contributed by atoms with E-state index in [0.717, 1.165) is 35.4 Å². The summed E-state index contributed by atoms with van der Waals surface area (Å²) in [4.78, 5) is 13.4. The molecule has 1 N–H and O–H groups in total. The average Bonchev–Trinajstić information content (AvgIpc) is 3.22. The molecule has 0 spiro atoms. The summed E-state index contributed by atoms with van der Waals surface area (Å²) in [7, 11) is 1.64. The minimum absolute atomic E-state index is 0.109. The second kappa shape index (κ2) is 8.49. The Morgan fingerprint density at radius 2 is 1.84 bits per heavy atom. The van der Waals surface area contributed by atoms with Gasteiger partial charge in [-0.3, -0.25) is 0 Å². The minimum atomic E-state index is -0.316. The minimum Gasteiger partial charge on any atom is -0.497 e. The van der Waals surface area contributed by atoms with Crippen LogP contribution in [-0.4, -0.2) is 23.9 Å². The molecule has 5 nitrogen and oxygen atoms in total. The number of halogens is 2. The van der Waals surface area contributed by atoms with Gasteiger partial charge in [-0.25, -0.2) is 9.80 Å². The standard InChI is InChI=1S/C25H21Cl2N3O2/c1-32-18-10-6-16(7-11-18)24-20-12-8-15-4-2-3-5-19(15)23(20)29-30(24)25(31)28-17-9-13-21(26)22(27)14-17/h2-7,9-11,13-14,20,24H,8,12H2,1H3,(H,28,31)/t20-,24+/m1/s1. The molecular formula is C25H21Cl2N3O2. The van der Waals surface area contributed by atoms with E-state index in [-0.39, 0.29) is 18.0 Å². The first-order chi connectivity index (χ1) is 15.5. The van der Waals surface area contributed by atoms with Crippen LogP contribution in [-0.2, 0) is 6.42 Å². The third kappa shape index (κ3) is 3.72. The van der Waals surface area contributed by atoms with Gasteiger partial charge in [-0.1, -0.05) is 59.6 Å². The number of hydrogen-bond donors (Lipinski definition) is 1. The summed E-state index contributed by atoms with van der Waals surface area (Å²) in [5, 5.41) is 10.1. The van der Waals surface area contributed by atoms with Crippen molar-refractivity contribution in [3.63, 3.8) is 0 Å². The highest BCUT2D eigenvalue weighted by atomic mass is 35.5. The number of nitrogens with zero attached hydrogens (tertiary/aromatic N) is 2. The summed E-state index contributed by atoms with van der Waals surface area (Å²) in [5.74, 6) is 0.881. The molecule has 0 saturated carbocycles. The Morgan fingerprint density at radius 3 is 2.59 bits per heavy atom. The molecule has 2 amide bonds. The van der Waals surface area contributed by atoms with Gasteiger partial charge in [0.25, 0.3) is 0 Å². The monoisotopic (exact) mass is 465 g/mol. The van der Waals surface area contributed by atoms with Gasteiger partial charge < -0.3 is 10.1 Å². The van der Waals surface area contributed by atoms with Crippen molar-refractivity contribution in [2.24, 2.45) is 11.0 Å². The number of fused-ring (bicyclic) bond motifs is 3. The molecule has 1 heterocycles. The van der Waals surface area contributed by atoms with E-state index in [9.17, 15) is 4.79 Å². The van der Waals surface area contributed by atoms with E-state index in [1.165, 1.54) is 5.56 Å². The number of urea groups is 1. The highest BCUT2D eigenvalue weighted by Gasteiger charge is 2.43. The van der Waals surface area contributed by atoms with Crippen LogP contribution in [0.1, 0.15) is 29.2 Å². The smallest absolute Gasteiger partial charge is 0.342 e. The molecule has 0 fully saturated rings. The highest BCUT2D eigenvalue weighted by molar-refractivity contribution is 6.42. The summed E-state index contributed by atoms with van der Waals surface area (Å²) in [5.41, 5.74) is 4.92. The zero-order valence-electron chi connectivity index (χ0n) is 17.4. The fourth-order valence-electron chi connectivity index (χ4n) is 4.52. The summed E-state index contributed by atoms with van der Waals surface area (Å²) in [6, 6.07) is 20.6. The molecule has 0 aromatic heterocycles. The molecule has 5 rings (SSSR count). The topological polar surface area (TPSA) is 53.9 Å². The van der Waals surface area contributed by atoms with Crippen LogP contribution in [0, 0.1) is 5.92 Å². The Labute approximate surface area is 196 Å². The van der Waals surface area contributed by atoms with Crippen molar-refractivity contribution < 1.29 is 9.53 Å². The van der Waals surface area contributed by atoms with Crippen LogP contribution in [0.15, 0.2) is 71.8 Å². The number of ether oxygens (including phenoxy) is 1. The Kier molecular flexibility index (Phi) is 5.53. The van der Waals surface area contributed by atoms with E-state index in [0.29, 0.717) is 15.7 Å². The maximum atomic E-state index is 13.4. The second-order valence-corrected chi connectivity index (χ2v) is 8.72. The molecule has 162 valence electrons. The van der Waals surface area contributed by atoms with E-state index in [2.05, 4.69) is 17.4 Å². The Morgan fingerprint density at radius 1 is 1.06 bits per heavy atom. The number of rotatable bonds is 3. The van der Waals surface area contributed by atoms with E-state index in [1.54, 1.807) is 30.3 Å². The van der Waals surface area contributed by atoms with Gasteiger partial charge in [-0.2, -0.15) is 5.10 Å². The molecule has 1 aliphatic carbocycles. The molecule has 0 saturated heterocycles. The number of methoxy groups -OCH3 is 1. The number of nitrogens with one attached hydrogen (secondary N) is 1. The molecule has 0 bridgehead atoms. The summed E-state index contributed by atoms with van der Waals surface area (Å²) in [6.07, 6.45) is 1.87. The van der Waals surface area contributed by atoms with Gasteiger partial charge in [0.2, 0.25) is 0 Å². The molecule has 3 aromatic carbocycles. The Bertz CT molecular complexity index is 1210. The maximum absolute atomic E-state index is 13.4. The predicted octanol–water partition coefficient (Wildman–Crippen LogP) is 6.56. The van der Waals surface area contributed by atoms with Gasteiger partial charge in [0.15, 0.2) is 0 Å². The molecule has 2 atom stereocenters. The van der Waals surface area contributed by atoms with Crippen LogP contribution < -0.4 is 10.1 Å². The second-order valence-electron chi connectivity index (χ2n) is 7.91. The van der Waals surface area contributed by atoms with Crippen LogP contribution >= 0.6 is 23.2 Å². The number of benzene rings is 3. The number of carbonyl (C=O) groups excluding carboxylic acids is 1. The maximum Gasteiger partial charge on any atom is 0.342 e. The lowest BCUT2D eigenvalue weighted by Crippen LogP contribution is -2.34. The summed E-state index contributed by atoms with van der Waals surface area (Å²) in [6.45, 7) is 0. The SMILES string of the molecule is COc1ccc([C@H]2[C@@H]3CCc4ccccc4C3=NN2C(=O)Nc2ccc(Cl)c(Cl)c2)cc1. The molecule has 7 heteroatoms. The first-order valence-electron chi connectivity index (χ1n) is 10.4. The fourth-order valence-corrected chi connectivity index (χ4v) is 4.82. The zero-order valence-corrected chi connectivity index (χ0v) is 18.9. The molecule has 1 aliphatic heterocycles. The van der Waals surface area contributed by atoms with Gasteiger partial charge in [0, 0.05) is 17.2 Å². The summed E-state index contributed by atoms with van der Waals surface area (Å²) < 4.78 is 5.31. The lowest BCUT2D eigenvalue weighted by atomic mass is 9.77. The molecule has 2 aliphatic rings. The number of hydrazone groups is 1. The van der Waals surface area contributed by atoms with Crippen LogP contribution in [0.4, 0.5) is 10.5 Å². The highest BCUT2D eigenvalue weighted by Crippen LogP contribution is 2.44. The largest absolute Gasteiger partial charge is 0.497 e. The number of hydrogen-bond acceptors (Lipinski definition) is 3. The van der Waals surface area contributed by atoms with Gasteiger partial charge in [-0.15, -0.1) is 0 Å². The van der Waals surface area contributed by atoms with Crippen molar-refractivity contribution in [2.75, 3.05) is 12.4 Å². The van der Waals surface area contributed by atoms with E-state index >= 15 is 0 Å². The van der Waals surface area contributed by atoms with Crippen molar-refractivity contribution in [2.45, 2.75) is 18.9 Å². The number of anilines is 1. The first kappa shape index (κ1) is 20.9. The number of amides is 2. The molecule has 3 aromatic rings. The van der Waals surface area contributed by atoms with Crippen LogP contribution in [0.3, 0.4) is 0 Å². The Balaban J connectivity index is 1.53. The number of aryl methyl sites for hydroxylation is 1. The molecular weight excluding hydrogens is 445 g/mol. The normalized spacial score (nSPS) is 19.1. The lowest BCUT2D eigenvalue weighted by Gasteiger charge is -2.29. The van der Waals surface area contributed by atoms with Gasteiger partial charge in [0.1, 0.15) is 5.75 Å².